The number of methoxy groups -OCH3 is 1. The first kappa shape index (κ1) is 22.2. The molecule has 0 spiro atoms. The normalized spacial score (nSPS) is 21.2. The largest absolute Gasteiger partial charge is 0.493 e. The first-order valence-electron chi connectivity index (χ1n) is 11.5. The maximum Gasteiger partial charge on any atom is 0.254 e. The Bertz CT molecular complexity index is 1160. The summed E-state index contributed by atoms with van der Waals surface area (Å²) in [4.78, 5) is 19.5. The van der Waals surface area contributed by atoms with Gasteiger partial charge in [0, 0.05) is 36.8 Å². The van der Waals surface area contributed by atoms with Gasteiger partial charge in [0.1, 0.15) is 24.3 Å². The number of fused-ring (bicyclic) bond motifs is 1. The number of benzene rings is 2. The Kier molecular flexibility index (Phi) is 6.34. The van der Waals surface area contributed by atoms with E-state index in [2.05, 4.69) is 4.98 Å². The number of carbonyl (C=O) groups is 1. The predicted octanol–water partition coefficient (Wildman–Crippen LogP) is 4.74. The minimum Gasteiger partial charge on any atom is -0.493 e. The Balaban J connectivity index is 1.26. The molecule has 6 nitrogen and oxygen atoms in total. The van der Waals surface area contributed by atoms with Crippen LogP contribution < -0.4 is 14.2 Å². The van der Waals surface area contributed by atoms with Crippen molar-refractivity contribution >= 4 is 5.91 Å². The second-order valence-corrected chi connectivity index (χ2v) is 8.80. The van der Waals surface area contributed by atoms with Crippen molar-refractivity contribution in [3.05, 3.63) is 83.9 Å². The van der Waals surface area contributed by atoms with Gasteiger partial charge in [-0.3, -0.25) is 9.78 Å². The first-order chi connectivity index (χ1) is 16.6. The fourth-order valence-corrected chi connectivity index (χ4v) is 4.98. The molecule has 1 aromatic heterocycles. The molecule has 2 aromatic carbocycles. The molecular weight excluding hydrogens is 435 g/mol. The van der Waals surface area contributed by atoms with Crippen molar-refractivity contribution in [2.45, 2.75) is 25.6 Å². The fraction of sp³-hybridized carbons (Fsp3) is 0.333. The molecule has 3 aromatic rings. The van der Waals surface area contributed by atoms with Gasteiger partial charge in [-0.2, -0.15) is 0 Å². The Labute approximate surface area is 198 Å². The molecule has 2 heterocycles. The van der Waals surface area contributed by atoms with Crippen LogP contribution in [0.5, 0.6) is 17.2 Å². The quantitative estimate of drug-likeness (QED) is 0.508. The van der Waals surface area contributed by atoms with E-state index in [1.165, 1.54) is 12.1 Å². The monoisotopic (exact) mass is 462 g/mol. The zero-order valence-corrected chi connectivity index (χ0v) is 19.0. The summed E-state index contributed by atoms with van der Waals surface area (Å²) in [6, 6.07) is 17.1. The third-order valence-corrected chi connectivity index (χ3v) is 6.67. The molecule has 34 heavy (non-hydrogen) atoms. The maximum absolute atomic E-state index is 13.5. The lowest BCUT2D eigenvalue weighted by molar-refractivity contribution is 0.0762. The lowest BCUT2D eigenvalue weighted by Crippen LogP contribution is -2.32. The second-order valence-electron chi connectivity index (χ2n) is 8.80. The van der Waals surface area contributed by atoms with Gasteiger partial charge in [0.05, 0.1) is 12.8 Å². The SMILES string of the molecule is COc1ccc(C(=O)N2C[C@@H]3CC[C@H](Oc4cccc(F)c4)[C@@H]3C2)cc1OCc1ccccn1. The number of aromatic nitrogens is 1. The number of pyridine rings is 1. The summed E-state index contributed by atoms with van der Waals surface area (Å²) in [6.45, 7) is 1.60. The first-order valence-corrected chi connectivity index (χ1v) is 11.5. The zero-order valence-electron chi connectivity index (χ0n) is 19.0. The lowest BCUT2D eigenvalue weighted by atomic mass is 9.99. The molecule has 0 unspecified atom stereocenters. The van der Waals surface area contributed by atoms with E-state index in [-0.39, 0.29) is 30.4 Å². The Morgan fingerprint density at radius 3 is 2.76 bits per heavy atom. The number of likely N-dealkylation sites (tertiary alicyclic amines) is 1. The average Bonchev–Trinajstić information content (AvgIpc) is 3.45. The third kappa shape index (κ3) is 4.69. The van der Waals surface area contributed by atoms with E-state index in [4.69, 9.17) is 14.2 Å². The van der Waals surface area contributed by atoms with E-state index in [0.29, 0.717) is 41.8 Å². The Morgan fingerprint density at radius 1 is 1.06 bits per heavy atom. The van der Waals surface area contributed by atoms with Gasteiger partial charge in [0.2, 0.25) is 0 Å². The van der Waals surface area contributed by atoms with Crippen LogP contribution in [-0.4, -0.2) is 42.1 Å². The molecular formula is C27H27FN2O4. The number of carbonyl (C=O) groups excluding carboxylic acids is 1. The Morgan fingerprint density at radius 2 is 1.97 bits per heavy atom. The Hall–Kier alpha value is -3.61. The molecule has 0 bridgehead atoms. The van der Waals surface area contributed by atoms with Crippen LogP contribution in [-0.2, 0) is 6.61 Å². The minimum atomic E-state index is -0.309. The van der Waals surface area contributed by atoms with E-state index in [1.54, 1.807) is 43.6 Å². The van der Waals surface area contributed by atoms with E-state index < -0.39 is 0 Å². The number of rotatable bonds is 7. The van der Waals surface area contributed by atoms with E-state index in [1.807, 2.05) is 23.1 Å². The van der Waals surface area contributed by atoms with Gasteiger partial charge in [-0.25, -0.2) is 4.39 Å². The van der Waals surface area contributed by atoms with E-state index in [9.17, 15) is 9.18 Å². The molecule has 0 radical (unpaired) electrons. The van der Waals surface area contributed by atoms with Gasteiger partial charge in [-0.1, -0.05) is 12.1 Å². The van der Waals surface area contributed by atoms with Crippen molar-refractivity contribution in [3.63, 3.8) is 0 Å². The van der Waals surface area contributed by atoms with Gasteiger partial charge in [-0.05, 0) is 61.2 Å². The van der Waals surface area contributed by atoms with Crippen molar-refractivity contribution in [1.29, 1.82) is 0 Å². The molecule has 176 valence electrons. The molecule has 2 aliphatic rings. The van der Waals surface area contributed by atoms with Gasteiger partial charge >= 0.3 is 0 Å². The van der Waals surface area contributed by atoms with Crippen LogP contribution in [0.3, 0.4) is 0 Å². The molecule has 1 saturated heterocycles. The van der Waals surface area contributed by atoms with Crippen LogP contribution in [0.4, 0.5) is 4.39 Å². The van der Waals surface area contributed by atoms with Crippen LogP contribution >= 0.6 is 0 Å². The summed E-state index contributed by atoms with van der Waals surface area (Å²) in [5, 5.41) is 0. The molecule has 7 heteroatoms. The highest BCUT2D eigenvalue weighted by Gasteiger charge is 2.45. The lowest BCUT2D eigenvalue weighted by Gasteiger charge is -2.22. The third-order valence-electron chi connectivity index (χ3n) is 6.67. The number of hydrogen-bond donors (Lipinski definition) is 0. The number of ether oxygens (including phenoxy) is 3. The highest BCUT2D eigenvalue weighted by Crippen LogP contribution is 2.41. The molecule has 1 aliphatic heterocycles. The molecule has 0 N–H and O–H groups in total. The topological polar surface area (TPSA) is 60.9 Å². The fourth-order valence-electron chi connectivity index (χ4n) is 4.98. The van der Waals surface area contributed by atoms with Crippen molar-refractivity contribution in [1.82, 2.24) is 9.88 Å². The van der Waals surface area contributed by atoms with Crippen LogP contribution in [0.15, 0.2) is 66.9 Å². The smallest absolute Gasteiger partial charge is 0.254 e. The summed E-state index contributed by atoms with van der Waals surface area (Å²) in [7, 11) is 1.57. The van der Waals surface area contributed by atoms with Gasteiger partial charge in [0.15, 0.2) is 11.5 Å². The summed E-state index contributed by atoms with van der Waals surface area (Å²) < 4.78 is 31.0. The minimum absolute atomic E-state index is 0.0160. The number of hydrogen-bond acceptors (Lipinski definition) is 5. The zero-order chi connectivity index (χ0) is 23.5. The highest BCUT2D eigenvalue weighted by molar-refractivity contribution is 5.95. The highest BCUT2D eigenvalue weighted by atomic mass is 19.1. The van der Waals surface area contributed by atoms with Crippen LogP contribution in [0.1, 0.15) is 28.9 Å². The molecule has 1 amide bonds. The van der Waals surface area contributed by atoms with E-state index in [0.717, 1.165) is 18.5 Å². The maximum atomic E-state index is 13.5. The van der Waals surface area contributed by atoms with Crippen molar-refractivity contribution < 1.29 is 23.4 Å². The van der Waals surface area contributed by atoms with E-state index >= 15 is 0 Å². The molecule has 1 saturated carbocycles. The average molecular weight is 463 g/mol. The summed E-state index contributed by atoms with van der Waals surface area (Å²) in [5.74, 6) is 1.89. The number of halogens is 1. The van der Waals surface area contributed by atoms with Crippen molar-refractivity contribution in [2.75, 3.05) is 20.2 Å². The van der Waals surface area contributed by atoms with Crippen LogP contribution in [0.25, 0.3) is 0 Å². The van der Waals surface area contributed by atoms with Gasteiger partial charge in [-0.15, -0.1) is 0 Å². The summed E-state index contributed by atoms with van der Waals surface area (Å²) >= 11 is 0. The standard InChI is InChI=1S/C27H27FN2O4/c1-32-25-11-8-18(13-26(25)33-17-21-6-2-3-12-29-21)27(31)30-15-19-9-10-24(23(19)16-30)34-22-7-4-5-20(28)14-22/h2-8,11-14,19,23-24H,9-10,15-17H2,1H3/t19-,23+,24-/m0/s1. The molecule has 1 aliphatic carbocycles. The summed E-state index contributed by atoms with van der Waals surface area (Å²) in [5.41, 5.74) is 1.34. The van der Waals surface area contributed by atoms with Crippen molar-refractivity contribution in [3.8, 4) is 17.2 Å². The number of amides is 1. The van der Waals surface area contributed by atoms with Crippen LogP contribution in [0, 0.1) is 17.7 Å². The molecule has 3 atom stereocenters. The van der Waals surface area contributed by atoms with Crippen LogP contribution in [0.2, 0.25) is 0 Å². The summed E-state index contributed by atoms with van der Waals surface area (Å²) in [6.07, 6.45) is 3.61. The van der Waals surface area contributed by atoms with Crippen molar-refractivity contribution in [2.24, 2.45) is 11.8 Å². The predicted molar refractivity (Wildman–Crippen MR) is 124 cm³/mol. The van der Waals surface area contributed by atoms with Gasteiger partial charge < -0.3 is 19.1 Å². The molecule has 2 fully saturated rings. The second kappa shape index (κ2) is 9.71. The molecule has 5 rings (SSSR count). The van der Waals surface area contributed by atoms with Gasteiger partial charge in [0.25, 0.3) is 5.91 Å². The number of nitrogens with zero attached hydrogens (tertiary/aromatic N) is 2.